The summed E-state index contributed by atoms with van der Waals surface area (Å²) < 4.78 is 13.6. The first-order chi connectivity index (χ1) is 8.99. The normalized spacial score (nSPS) is 14.2. The van der Waals surface area contributed by atoms with E-state index in [0.29, 0.717) is 0 Å². The number of carboxylic acids is 1. The summed E-state index contributed by atoms with van der Waals surface area (Å²) in [5.41, 5.74) is -0.143. The maximum absolute atomic E-state index is 13.6. The van der Waals surface area contributed by atoms with Crippen LogP contribution in [-0.2, 0) is 4.79 Å². The van der Waals surface area contributed by atoms with Gasteiger partial charge in [0.25, 0.3) is 5.91 Å². The average molecular weight is 267 g/mol. The number of hydrogen-bond acceptors (Lipinski definition) is 3. The van der Waals surface area contributed by atoms with Gasteiger partial charge in [-0.2, -0.15) is 0 Å². The molecule has 102 valence electrons. The maximum Gasteiger partial charge on any atom is 0.305 e. The summed E-state index contributed by atoms with van der Waals surface area (Å²) in [5, 5.41) is 17.8. The van der Waals surface area contributed by atoms with Crippen molar-refractivity contribution in [3.05, 3.63) is 29.6 Å². The SMILES string of the molecule is O=C(O)CCN(C(=O)c1ccc(O)cc1F)C1CC1. The molecule has 0 aromatic heterocycles. The number of aliphatic carboxylic acids is 1. The largest absolute Gasteiger partial charge is 0.508 e. The fraction of sp³-hybridized carbons (Fsp3) is 0.385. The Hall–Kier alpha value is -2.11. The van der Waals surface area contributed by atoms with E-state index in [1.165, 1.54) is 17.0 Å². The molecule has 0 unspecified atom stereocenters. The maximum atomic E-state index is 13.6. The average Bonchev–Trinajstić information content (AvgIpc) is 3.13. The Morgan fingerprint density at radius 1 is 1.37 bits per heavy atom. The van der Waals surface area contributed by atoms with Crippen molar-refractivity contribution in [3.63, 3.8) is 0 Å². The zero-order chi connectivity index (χ0) is 14.0. The Morgan fingerprint density at radius 3 is 2.58 bits per heavy atom. The number of phenols is 1. The van der Waals surface area contributed by atoms with E-state index in [1.807, 2.05) is 0 Å². The lowest BCUT2D eigenvalue weighted by Gasteiger charge is -2.21. The Kier molecular flexibility index (Phi) is 3.69. The predicted octanol–water partition coefficient (Wildman–Crippen LogP) is 1.61. The van der Waals surface area contributed by atoms with Crippen LogP contribution in [0.1, 0.15) is 29.6 Å². The van der Waals surface area contributed by atoms with Crippen molar-refractivity contribution >= 4 is 11.9 Å². The molecule has 5 nitrogen and oxygen atoms in total. The van der Waals surface area contributed by atoms with Gasteiger partial charge in [0, 0.05) is 18.7 Å². The van der Waals surface area contributed by atoms with Crippen molar-refractivity contribution in [2.24, 2.45) is 0 Å². The number of aromatic hydroxyl groups is 1. The Labute approximate surface area is 109 Å². The molecule has 2 N–H and O–H groups in total. The second-order valence-corrected chi connectivity index (χ2v) is 4.54. The van der Waals surface area contributed by atoms with Crippen LogP contribution >= 0.6 is 0 Å². The van der Waals surface area contributed by atoms with Gasteiger partial charge in [-0.25, -0.2) is 4.39 Å². The quantitative estimate of drug-likeness (QED) is 0.849. The Balaban J connectivity index is 2.16. The van der Waals surface area contributed by atoms with Gasteiger partial charge in [-0.3, -0.25) is 9.59 Å². The van der Waals surface area contributed by atoms with Crippen molar-refractivity contribution in [2.45, 2.75) is 25.3 Å². The summed E-state index contributed by atoms with van der Waals surface area (Å²) in [6.45, 7) is 0.0686. The molecule has 0 heterocycles. The van der Waals surface area contributed by atoms with E-state index in [-0.39, 0.29) is 30.3 Å². The second-order valence-electron chi connectivity index (χ2n) is 4.54. The number of carbonyl (C=O) groups excluding carboxylic acids is 1. The molecule has 2 rings (SSSR count). The molecule has 0 atom stereocenters. The van der Waals surface area contributed by atoms with E-state index in [1.54, 1.807) is 0 Å². The van der Waals surface area contributed by atoms with Crippen LogP contribution in [0.3, 0.4) is 0 Å². The van der Waals surface area contributed by atoms with Gasteiger partial charge in [0.05, 0.1) is 12.0 Å². The van der Waals surface area contributed by atoms with Crippen LogP contribution in [0.4, 0.5) is 4.39 Å². The highest BCUT2D eigenvalue weighted by Gasteiger charge is 2.34. The number of benzene rings is 1. The number of halogens is 1. The van der Waals surface area contributed by atoms with Crippen LogP contribution in [0.25, 0.3) is 0 Å². The van der Waals surface area contributed by atoms with Gasteiger partial charge in [-0.15, -0.1) is 0 Å². The van der Waals surface area contributed by atoms with Crippen LogP contribution in [0.5, 0.6) is 5.75 Å². The molecule has 1 saturated carbocycles. The molecule has 0 bridgehead atoms. The van der Waals surface area contributed by atoms with E-state index in [4.69, 9.17) is 10.2 Å². The molecule has 0 saturated heterocycles. The molecule has 0 spiro atoms. The highest BCUT2D eigenvalue weighted by atomic mass is 19.1. The molecule has 1 fully saturated rings. The Bertz CT molecular complexity index is 513. The number of phenolic OH excluding ortho intramolecular Hbond substituents is 1. The molecular formula is C13H14FNO4. The van der Waals surface area contributed by atoms with Crippen LogP contribution in [0.15, 0.2) is 18.2 Å². The number of carboxylic acid groups (broad SMARTS) is 1. The molecule has 1 aromatic carbocycles. The molecule has 1 aromatic rings. The molecule has 1 aliphatic carbocycles. The van der Waals surface area contributed by atoms with Crippen molar-refractivity contribution in [1.82, 2.24) is 4.90 Å². The highest BCUT2D eigenvalue weighted by molar-refractivity contribution is 5.95. The smallest absolute Gasteiger partial charge is 0.305 e. The van der Waals surface area contributed by atoms with Gasteiger partial charge < -0.3 is 15.1 Å². The third-order valence-corrected chi connectivity index (χ3v) is 3.00. The first-order valence-corrected chi connectivity index (χ1v) is 6.00. The summed E-state index contributed by atoms with van der Waals surface area (Å²) in [5.74, 6) is -2.57. The fourth-order valence-electron chi connectivity index (χ4n) is 1.88. The van der Waals surface area contributed by atoms with Crippen LogP contribution in [-0.4, -0.2) is 39.6 Å². The molecule has 6 heteroatoms. The summed E-state index contributed by atoms with van der Waals surface area (Å²) >= 11 is 0. The third kappa shape index (κ3) is 3.21. The van der Waals surface area contributed by atoms with Gasteiger partial charge in [0.15, 0.2) is 0 Å². The first kappa shape index (κ1) is 13.3. The lowest BCUT2D eigenvalue weighted by Crippen LogP contribution is -2.35. The number of amides is 1. The lowest BCUT2D eigenvalue weighted by molar-refractivity contribution is -0.137. The van der Waals surface area contributed by atoms with Crippen molar-refractivity contribution in [2.75, 3.05) is 6.54 Å². The van der Waals surface area contributed by atoms with Gasteiger partial charge in [-0.05, 0) is 25.0 Å². The Morgan fingerprint density at radius 2 is 2.05 bits per heavy atom. The minimum atomic E-state index is -0.996. The van der Waals surface area contributed by atoms with Crippen LogP contribution in [0.2, 0.25) is 0 Å². The molecule has 0 aliphatic heterocycles. The third-order valence-electron chi connectivity index (χ3n) is 3.00. The number of carbonyl (C=O) groups is 2. The van der Waals surface area contributed by atoms with E-state index >= 15 is 0 Å². The number of rotatable bonds is 5. The minimum Gasteiger partial charge on any atom is -0.508 e. The number of hydrogen-bond donors (Lipinski definition) is 2. The zero-order valence-corrected chi connectivity index (χ0v) is 10.2. The minimum absolute atomic E-state index is 0.0000491. The second kappa shape index (κ2) is 5.26. The van der Waals surface area contributed by atoms with Crippen LogP contribution in [0, 0.1) is 5.82 Å². The summed E-state index contributed by atoms with van der Waals surface area (Å²) in [4.78, 5) is 24.1. The van der Waals surface area contributed by atoms with E-state index in [9.17, 15) is 14.0 Å². The molecule has 1 amide bonds. The van der Waals surface area contributed by atoms with Gasteiger partial charge in [-0.1, -0.05) is 0 Å². The topological polar surface area (TPSA) is 77.8 Å². The van der Waals surface area contributed by atoms with E-state index in [2.05, 4.69) is 0 Å². The van der Waals surface area contributed by atoms with E-state index in [0.717, 1.165) is 18.9 Å². The zero-order valence-electron chi connectivity index (χ0n) is 10.2. The molecular weight excluding hydrogens is 253 g/mol. The van der Waals surface area contributed by atoms with Crippen molar-refractivity contribution < 1.29 is 24.2 Å². The number of nitrogens with zero attached hydrogens (tertiary/aromatic N) is 1. The lowest BCUT2D eigenvalue weighted by atomic mass is 10.1. The predicted molar refractivity (Wildman–Crippen MR) is 64.4 cm³/mol. The summed E-state index contributed by atoms with van der Waals surface area (Å²) in [7, 11) is 0. The summed E-state index contributed by atoms with van der Waals surface area (Å²) in [6.07, 6.45) is 1.46. The first-order valence-electron chi connectivity index (χ1n) is 6.00. The molecule has 19 heavy (non-hydrogen) atoms. The monoisotopic (exact) mass is 267 g/mol. The van der Waals surface area contributed by atoms with Crippen LogP contribution < -0.4 is 0 Å². The van der Waals surface area contributed by atoms with Gasteiger partial charge >= 0.3 is 5.97 Å². The van der Waals surface area contributed by atoms with Crippen molar-refractivity contribution in [3.8, 4) is 5.75 Å². The molecule has 0 radical (unpaired) electrons. The summed E-state index contributed by atoms with van der Waals surface area (Å²) in [6, 6.07) is 3.32. The molecule has 1 aliphatic rings. The van der Waals surface area contributed by atoms with Gasteiger partial charge in [0.1, 0.15) is 11.6 Å². The van der Waals surface area contributed by atoms with E-state index < -0.39 is 17.7 Å². The highest BCUT2D eigenvalue weighted by Crippen LogP contribution is 2.29. The standard InChI is InChI=1S/C13H14FNO4/c14-11-7-9(16)3-4-10(11)13(19)15(8-1-2-8)6-5-12(17)18/h3-4,7-8,16H,1-2,5-6H2,(H,17,18). The fourth-order valence-corrected chi connectivity index (χ4v) is 1.88. The van der Waals surface area contributed by atoms with Crippen molar-refractivity contribution in [1.29, 1.82) is 0 Å². The van der Waals surface area contributed by atoms with Gasteiger partial charge in [0.2, 0.25) is 0 Å².